The van der Waals surface area contributed by atoms with Crippen LogP contribution in [0.25, 0.3) is 21.8 Å². The van der Waals surface area contributed by atoms with E-state index in [1.165, 1.54) is 0 Å². The zero-order chi connectivity index (χ0) is 11.1. The van der Waals surface area contributed by atoms with Crippen molar-refractivity contribution < 1.29 is 0 Å². The van der Waals surface area contributed by atoms with Gasteiger partial charge in [0.25, 0.3) is 0 Å². The molecule has 0 saturated carbocycles. The van der Waals surface area contributed by atoms with Crippen molar-refractivity contribution in [1.29, 1.82) is 0 Å². The summed E-state index contributed by atoms with van der Waals surface area (Å²) in [6, 6.07) is 13.8. The average molecular weight is 293 g/mol. The van der Waals surface area contributed by atoms with Crippen LogP contribution in [0, 0.1) is 0 Å². The molecule has 0 aliphatic carbocycles. The van der Waals surface area contributed by atoms with E-state index in [4.69, 9.17) is 11.6 Å². The van der Waals surface area contributed by atoms with Gasteiger partial charge in [-0.1, -0.05) is 41.9 Å². The monoisotopic (exact) mass is 291 g/mol. The van der Waals surface area contributed by atoms with Crippen LogP contribution >= 0.6 is 27.5 Å². The van der Waals surface area contributed by atoms with Crippen molar-refractivity contribution in [3.63, 3.8) is 0 Å². The van der Waals surface area contributed by atoms with Gasteiger partial charge in [-0.2, -0.15) is 0 Å². The Labute approximate surface area is 106 Å². The molecular weight excluding hydrogens is 286 g/mol. The molecule has 0 radical (unpaired) electrons. The molecule has 0 saturated heterocycles. The number of fused-ring (bicyclic) bond motifs is 2. The van der Waals surface area contributed by atoms with Gasteiger partial charge in [-0.25, -0.2) is 4.98 Å². The summed E-state index contributed by atoms with van der Waals surface area (Å²) in [5.74, 6) is 0. The Morgan fingerprint density at radius 1 is 0.938 bits per heavy atom. The highest BCUT2D eigenvalue weighted by Gasteiger charge is 2.08. The van der Waals surface area contributed by atoms with Crippen molar-refractivity contribution in [1.82, 2.24) is 4.98 Å². The molecule has 3 aromatic rings. The molecule has 3 heteroatoms. The van der Waals surface area contributed by atoms with Gasteiger partial charge in [0, 0.05) is 15.2 Å². The number of hydrogen-bond acceptors (Lipinski definition) is 1. The van der Waals surface area contributed by atoms with Crippen LogP contribution < -0.4 is 0 Å². The third kappa shape index (κ3) is 1.41. The van der Waals surface area contributed by atoms with Gasteiger partial charge in [0.1, 0.15) is 0 Å². The van der Waals surface area contributed by atoms with E-state index in [9.17, 15) is 0 Å². The van der Waals surface area contributed by atoms with Crippen LogP contribution in [-0.2, 0) is 0 Å². The molecule has 0 amide bonds. The lowest BCUT2D eigenvalue weighted by atomic mass is 10.1. The van der Waals surface area contributed by atoms with Gasteiger partial charge in [-0.05, 0) is 28.1 Å². The summed E-state index contributed by atoms with van der Waals surface area (Å²) in [5.41, 5.74) is 1.83. The lowest BCUT2D eigenvalue weighted by Gasteiger charge is -2.06. The standard InChI is InChI=1S/C13H7BrClN/c14-10-6-3-5-9-12(15)8-4-1-2-7-11(8)16-13(9)10/h1-7H. The molecule has 0 fully saturated rings. The predicted molar refractivity (Wildman–Crippen MR) is 72.0 cm³/mol. The number of benzene rings is 2. The predicted octanol–water partition coefficient (Wildman–Crippen LogP) is 4.80. The van der Waals surface area contributed by atoms with Crippen molar-refractivity contribution in [3.05, 3.63) is 52.0 Å². The Hall–Kier alpha value is -1.12. The SMILES string of the molecule is Clc1c2ccccc2nc2c(Br)cccc12. The molecular formula is C13H7BrClN. The van der Waals surface area contributed by atoms with Crippen LogP contribution in [0.3, 0.4) is 0 Å². The minimum atomic E-state index is 0.766. The van der Waals surface area contributed by atoms with Crippen LogP contribution in [-0.4, -0.2) is 4.98 Å². The highest BCUT2D eigenvalue weighted by Crippen LogP contribution is 2.33. The second kappa shape index (κ2) is 3.72. The Bertz CT molecular complexity index is 694. The molecule has 0 atom stereocenters. The van der Waals surface area contributed by atoms with Crippen LogP contribution in [0.1, 0.15) is 0 Å². The van der Waals surface area contributed by atoms with E-state index in [0.29, 0.717) is 0 Å². The third-order valence-corrected chi connectivity index (χ3v) is 3.64. The lowest BCUT2D eigenvalue weighted by molar-refractivity contribution is 1.48. The van der Waals surface area contributed by atoms with E-state index in [1.54, 1.807) is 0 Å². The molecule has 1 aromatic heterocycles. The van der Waals surface area contributed by atoms with Gasteiger partial charge in [-0.15, -0.1) is 0 Å². The number of para-hydroxylation sites is 2. The van der Waals surface area contributed by atoms with Gasteiger partial charge in [-0.3, -0.25) is 0 Å². The van der Waals surface area contributed by atoms with Gasteiger partial charge in [0.2, 0.25) is 0 Å². The van der Waals surface area contributed by atoms with Gasteiger partial charge in [0.05, 0.1) is 16.1 Å². The first-order valence-electron chi connectivity index (χ1n) is 4.90. The number of aromatic nitrogens is 1. The van der Waals surface area contributed by atoms with E-state index in [1.807, 2.05) is 42.5 Å². The van der Waals surface area contributed by atoms with Crippen molar-refractivity contribution in [3.8, 4) is 0 Å². The fourth-order valence-corrected chi connectivity index (χ4v) is 2.60. The van der Waals surface area contributed by atoms with E-state index in [2.05, 4.69) is 20.9 Å². The minimum Gasteiger partial charge on any atom is -0.246 e. The number of rotatable bonds is 0. The molecule has 1 nitrogen and oxygen atoms in total. The van der Waals surface area contributed by atoms with E-state index in [0.717, 1.165) is 31.3 Å². The number of halogens is 2. The molecule has 0 bridgehead atoms. The summed E-state index contributed by atoms with van der Waals surface area (Å²) in [6.07, 6.45) is 0. The molecule has 0 N–H and O–H groups in total. The summed E-state index contributed by atoms with van der Waals surface area (Å²) < 4.78 is 0.970. The number of nitrogens with zero attached hydrogens (tertiary/aromatic N) is 1. The van der Waals surface area contributed by atoms with E-state index < -0.39 is 0 Å². The average Bonchev–Trinajstić information content (AvgIpc) is 2.31. The minimum absolute atomic E-state index is 0.766. The van der Waals surface area contributed by atoms with Crippen molar-refractivity contribution >= 4 is 49.3 Å². The maximum absolute atomic E-state index is 6.39. The first kappa shape index (κ1) is 10.1. The van der Waals surface area contributed by atoms with Gasteiger partial charge in [0.15, 0.2) is 0 Å². The second-order valence-corrected chi connectivity index (χ2v) is 4.81. The summed E-state index contributed by atoms with van der Waals surface area (Å²) in [4.78, 5) is 4.61. The van der Waals surface area contributed by atoms with Crippen LogP contribution in [0.15, 0.2) is 46.9 Å². The molecule has 16 heavy (non-hydrogen) atoms. The van der Waals surface area contributed by atoms with E-state index >= 15 is 0 Å². The number of pyridine rings is 1. The molecule has 2 aromatic carbocycles. The van der Waals surface area contributed by atoms with Crippen LogP contribution in [0.2, 0.25) is 5.02 Å². The van der Waals surface area contributed by atoms with Crippen molar-refractivity contribution in [2.75, 3.05) is 0 Å². The lowest BCUT2D eigenvalue weighted by Crippen LogP contribution is -1.85. The maximum Gasteiger partial charge on any atom is 0.0866 e. The molecule has 78 valence electrons. The Kier molecular flexibility index (Phi) is 2.34. The number of hydrogen-bond donors (Lipinski definition) is 0. The first-order chi connectivity index (χ1) is 7.77. The molecule has 1 heterocycles. The van der Waals surface area contributed by atoms with Crippen LogP contribution in [0.5, 0.6) is 0 Å². The Balaban J connectivity index is 2.61. The van der Waals surface area contributed by atoms with Crippen molar-refractivity contribution in [2.24, 2.45) is 0 Å². The molecule has 0 spiro atoms. The quantitative estimate of drug-likeness (QED) is 0.542. The Morgan fingerprint density at radius 2 is 1.69 bits per heavy atom. The zero-order valence-corrected chi connectivity index (χ0v) is 10.6. The third-order valence-electron chi connectivity index (χ3n) is 2.60. The molecule has 0 aliphatic rings. The topological polar surface area (TPSA) is 12.9 Å². The Morgan fingerprint density at radius 3 is 2.56 bits per heavy atom. The normalized spacial score (nSPS) is 11.1. The summed E-state index contributed by atoms with van der Waals surface area (Å²) in [6.45, 7) is 0. The first-order valence-corrected chi connectivity index (χ1v) is 6.07. The second-order valence-electron chi connectivity index (χ2n) is 3.58. The van der Waals surface area contributed by atoms with Gasteiger partial charge < -0.3 is 0 Å². The fourth-order valence-electron chi connectivity index (χ4n) is 1.83. The molecule has 0 unspecified atom stereocenters. The zero-order valence-electron chi connectivity index (χ0n) is 8.24. The summed E-state index contributed by atoms with van der Waals surface area (Å²) >= 11 is 9.88. The maximum atomic E-state index is 6.39. The van der Waals surface area contributed by atoms with Crippen LogP contribution in [0.4, 0.5) is 0 Å². The molecule has 0 aliphatic heterocycles. The van der Waals surface area contributed by atoms with Crippen molar-refractivity contribution in [2.45, 2.75) is 0 Å². The van der Waals surface area contributed by atoms with Gasteiger partial charge >= 0.3 is 0 Å². The summed E-state index contributed by atoms with van der Waals surface area (Å²) in [7, 11) is 0. The van der Waals surface area contributed by atoms with E-state index in [-0.39, 0.29) is 0 Å². The largest absolute Gasteiger partial charge is 0.246 e. The smallest absolute Gasteiger partial charge is 0.0866 e. The highest BCUT2D eigenvalue weighted by molar-refractivity contribution is 9.10. The summed E-state index contributed by atoms with van der Waals surface area (Å²) in [5, 5.41) is 2.74. The highest BCUT2D eigenvalue weighted by atomic mass is 79.9. The fraction of sp³-hybridized carbons (Fsp3) is 0. The molecule has 3 rings (SSSR count).